The number of benzene rings is 3. The van der Waals surface area contributed by atoms with E-state index in [0.717, 1.165) is 49.3 Å². The number of nitro groups is 1. The molecule has 202 valence electrons. The fraction of sp³-hybridized carbons (Fsp3) is 0.308. The van der Waals surface area contributed by atoms with E-state index in [9.17, 15) is 26.9 Å². The SMILES string of the molecule is Cc1ccc(S(=O)(=O)Nc2cc(NC3CCCCC3)c([N+](=O)[O-])cc2NS(=O)(=O)c2ccc(C)cc2)cc1. The molecule has 0 amide bonds. The molecular weight excluding hydrogens is 528 g/mol. The van der Waals surface area contributed by atoms with Crippen molar-refractivity contribution in [3.05, 3.63) is 81.9 Å². The Hall–Kier alpha value is -3.64. The second-order valence-electron chi connectivity index (χ2n) is 9.49. The minimum atomic E-state index is -4.19. The Morgan fingerprint density at radius 2 is 1.16 bits per heavy atom. The Kier molecular flexibility index (Phi) is 7.93. The van der Waals surface area contributed by atoms with E-state index in [-0.39, 0.29) is 38.6 Å². The molecule has 3 N–H and O–H groups in total. The maximum Gasteiger partial charge on any atom is 0.294 e. The number of aryl methyl sites for hydroxylation is 2. The molecule has 1 aliphatic rings. The summed E-state index contributed by atoms with van der Waals surface area (Å²) >= 11 is 0. The van der Waals surface area contributed by atoms with Crippen molar-refractivity contribution in [2.45, 2.75) is 61.8 Å². The van der Waals surface area contributed by atoms with E-state index in [0.29, 0.717) is 0 Å². The van der Waals surface area contributed by atoms with E-state index >= 15 is 0 Å². The first-order chi connectivity index (χ1) is 17.9. The Labute approximate surface area is 222 Å². The molecule has 0 radical (unpaired) electrons. The molecule has 4 rings (SSSR count). The summed E-state index contributed by atoms with van der Waals surface area (Å²) in [5.74, 6) is 0. The van der Waals surface area contributed by atoms with Gasteiger partial charge in [-0.05, 0) is 57.0 Å². The first-order valence-electron chi connectivity index (χ1n) is 12.2. The van der Waals surface area contributed by atoms with Gasteiger partial charge in [-0.25, -0.2) is 16.8 Å². The van der Waals surface area contributed by atoms with Crippen LogP contribution in [0.25, 0.3) is 0 Å². The zero-order valence-electron chi connectivity index (χ0n) is 21.1. The Morgan fingerprint density at radius 3 is 1.61 bits per heavy atom. The summed E-state index contributed by atoms with van der Waals surface area (Å²) in [6.45, 7) is 3.63. The van der Waals surface area contributed by atoms with Gasteiger partial charge in [-0.3, -0.25) is 19.6 Å². The average molecular weight is 559 g/mol. The summed E-state index contributed by atoms with van der Waals surface area (Å²) in [6.07, 6.45) is 4.69. The van der Waals surface area contributed by atoms with Crippen molar-refractivity contribution < 1.29 is 21.8 Å². The van der Waals surface area contributed by atoms with Crippen LogP contribution in [-0.2, 0) is 20.0 Å². The highest BCUT2D eigenvalue weighted by Crippen LogP contribution is 2.38. The number of anilines is 3. The van der Waals surface area contributed by atoms with Crippen molar-refractivity contribution in [3.63, 3.8) is 0 Å². The van der Waals surface area contributed by atoms with Gasteiger partial charge in [-0.1, -0.05) is 54.7 Å². The summed E-state index contributed by atoms with van der Waals surface area (Å²) < 4.78 is 57.5. The Bertz CT molecular complexity index is 1530. The van der Waals surface area contributed by atoms with Gasteiger partial charge in [-0.15, -0.1) is 0 Å². The van der Waals surface area contributed by atoms with Crippen molar-refractivity contribution in [1.82, 2.24) is 0 Å². The molecule has 0 heterocycles. The maximum absolute atomic E-state index is 13.2. The van der Waals surface area contributed by atoms with Gasteiger partial charge in [0.25, 0.3) is 25.7 Å². The van der Waals surface area contributed by atoms with Gasteiger partial charge < -0.3 is 5.32 Å². The molecule has 38 heavy (non-hydrogen) atoms. The molecule has 0 bridgehead atoms. The molecule has 3 aromatic carbocycles. The molecule has 10 nitrogen and oxygen atoms in total. The van der Waals surface area contributed by atoms with E-state index in [1.807, 2.05) is 13.8 Å². The fourth-order valence-corrected chi connectivity index (χ4v) is 6.47. The van der Waals surface area contributed by atoms with Gasteiger partial charge in [0, 0.05) is 12.1 Å². The van der Waals surface area contributed by atoms with Crippen LogP contribution in [0.3, 0.4) is 0 Å². The summed E-state index contributed by atoms with van der Waals surface area (Å²) in [5, 5.41) is 15.2. The number of hydrogen-bond acceptors (Lipinski definition) is 7. The molecule has 0 aliphatic heterocycles. The van der Waals surface area contributed by atoms with Crippen molar-refractivity contribution in [1.29, 1.82) is 0 Å². The molecular formula is C26H30N4O6S2. The number of nitrogens with zero attached hydrogens (tertiary/aromatic N) is 1. The Balaban J connectivity index is 1.80. The average Bonchev–Trinajstić information content (AvgIpc) is 2.86. The lowest BCUT2D eigenvalue weighted by molar-refractivity contribution is -0.383. The highest BCUT2D eigenvalue weighted by molar-refractivity contribution is 7.93. The molecule has 1 aliphatic carbocycles. The molecule has 1 saturated carbocycles. The summed E-state index contributed by atoms with van der Waals surface area (Å²) in [4.78, 5) is 11.3. The maximum atomic E-state index is 13.2. The lowest BCUT2D eigenvalue weighted by Crippen LogP contribution is -2.23. The molecule has 0 aromatic heterocycles. The molecule has 1 fully saturated rings. The summed E-state index contributed by atoms with van der Waals surface area (Å²) in [6, 6.07) is 14.5. The number of nitrogens with one attached hydrogen (secondary N) is 3. The van der Waals surface area contributed by atoms with Crippen LogP contribution in [-0.4, -0.2) is 27.8 Å². The monoisotopic (exact) mass is 558 g/mol. The highest BCUT2D eigenvalue weighted by Gasteiger charge is 2.27. The zero-order chi connectivity index (χ0) is 27.5. The van der Waals surface area contributed by atoms with Crippen LogP contribution < -0.4 is 14.8 Å². The topological polar surface area (TPSA) is 148 Å². The Morgan fingerprint density at radius 1 is 0.711 bits per heavy atom. The standard InChI is InChI=1S/C26H30N4O6S2/c1-18-8-12-21(13-9-18)37(33,34)28-23-16-25(27-20-6-4-3-5-7-20)26(30(31)32)17-24(23)29-38(35,36)22-14-10-19(2)11-15-22/h8-17,20,27-29H,3-7H2,1-2H3. The number of nitro benzene ring substituents is 1. The third kappa shape index (κ3) is 6.43. The van der Waals surface area contributed by atoms with E-state index < -0.39 is 25.0 Å². The molecule has 0 unspecified atom stereocenters. The normalized spacial score (nSPS) is 14.6. The van der Waals surface area contributed by atoms with Gasteiger partial charge in [0.05, 0.1) is 26.1 Å². The van der Waals surface area contributed by atoms with E-state index in [2.05, 4.69) is 14.8 Å². The minimum absolute atomic E-state index is 0.0147. The minimum Gasteiger partial charge on any atom is -0.377 e. The predicted molar refractivity (Wildman–Crippen MR) is 148 cm³/mol. The lowest BCUT2D eigenvalue weighted by Gasteiger charge is -2.24. The van der Waals surface area contributed by atoms with E-state index in [1.54, 1.807) is 24.3 Å². The second kappa shape index (κ2) is 11.0. The number of hydrogen-bond donors (Lipinski definition) is 3. The van der Waals surface area contributed by atoms with Gasteiger partial charge in [0.2, 0.25) is 0 Å². The molecule has 3 aromatic rings. The van der Waals surface area contributed by atoms with Crippen molar-refractivity contribution in [3.8, 4) is 0 Å². The predicted octanol–water partition coefficient (Wildman–Crippen LogP) is 5.56. The van der Waals surface area contributed by atoms with Gasteiger partial charge in [-0.2, -0.15) is 0 Å². The van der Waals surface area contributed by atoms with Crippen LogP contribution in [0.2, 0.25) is 0 Å². The van der Waals surface area contributed by atoms with E-state index in [4.69, 9.17) is 0 Å². The van der Waals surface area contributed by atoms with E-state index in [1.165, 1.54) is 30.3 Å². The van der Waals surface area contributed by atoms with Crippen LogP contribution in [0.15, 0.2) is 70.5 Å². The van der Waals surface area contributed by atoms with Crippen molar-refractivity contribution >= 4 is 42.8 Å². The van der Waals surface area contributed by atoms with Gasteiger partial charge >= 0.3 is 0 Å². The quantitative estimate of drug-likeness (QED) is 0.230. The smallest absolute Gasteiger partial charge is 0.294 e. The van der Waals surface area contributed by atoms with Gasteiger partial charge in [0.1, 0.15) is 5.69 Å². The lowest BCUT2D eigenvalue weighted by atomic mass is 9.95. The first-order valence-corrected chi connectivity index (χ1v) is 15.2. The molecule has 0 saturated heterocycles. The van der Waals surface area contributed by atoms with Crippen molar-refractivity contribution in [2.75, 3.05) is 14.8 Å². The van der Waals surface area contributed by atoms with Crippen LogP contribution >= 0.6 is 0 Å². The van der Waals surface area contributed by atoms with Crippen LogP contribution in [0.1, 0.15) is 43.2 Å². The zero-order valence-corrected chi connectivity index (χ0v) is 22.7. The van der Waals surface area contributed by atoms with Gasteiger partial charge in [0.15, 0.2) is 0 Å². The third-order valence-corrected chi connectivity index (χ3v) is 9.21. The molecule has 0 spiro atoms. The largest absolute Gasteiger partial charge is 0.377 e. The number of sulfonamides is 2. The van der Waals surface area contributed by atoms with Crippen LogP contribution in [0.4, 0.5) is 22.7 Å². The third-order valence-electron chi connectivity index (χ3n) is 6.45. The summed E-state index contributed by atoms with van der Waals surface area (Å²) in [7, 11) is -8.33. The van der Waals surface area contributed by atoms with Crippen LogP contribution in [0, 0.1) is 24.0 Å². The first kappa shape index (κ1) is 27.4. The van der Waals surface area contributed by atoms with Crippen molar-refractivity contribution in [2.24, 2.45) is 0 Å². The second-order valence-corrected chi connectivity index (χ2v) is 12.9. The molecule has 12 heteroatoms. The molecule has 0 atom stereocenters. The van der Waals surface area contributed by atoms with Crippen LogP contribution in [0.5, 0.6) is 0 Å². The number of rotatable bonds is 9. The highest BCUT2D eigenvalue weighted by atomic mass is 32.2. The summed E-state index contributed by atoms with van der Waals surface area (Å²) in [5.41, 5.74) is 1.07. The fourth-order valence-electron chi connectivity index (χ4n) is 4.33.